The Bertz CT molecular complexity index is 607. The van der Waals surface area contributed by atoms with Crippen molar-refractivity contribution in [3.63, 3.8) is 0 Å². The molecule has 21 heavy (non-hydrogen) atoms. The molecule has 0 fully saturated rings. The Morgan fingerprint density at radius 3 is 2.86 bits per heavy atom. The quantitative estimate of drug-likeness (QED) is 0.881. The second-order valence-corrected chi connectivity index (χ2v) is 5.80. The Balaban J connectivity index is 2.24. The zero-order valence-electron chi connectivity index (χ0n) is 12.5. The van der Waals surface area contributed by atoms with Crippen LogP contribution in [-0.2, 0) is 18.3 Å². The summed E-state index contributed by atoms with van der Waals surface area (Å²) in [6, 6.07) is 3.98. The van der Waals surface area contributed by atoms with Crippen molar-refractivity contribution in [1.29, 1.82) is 0 Å². The average Bonchev–Trinajstić information content (AvgIpc) is 3.03. The molecule has 0 bridgehead atoms. The molecule has 6 nitrogen and oxygen atoms in total. The second kappa shape index (κ2) is 6.73. The van der Waals surface area contributed by atoms with Gasteiger partial charge in [0.05, 0.1) is 24.5 Å². The molecule has 2 rings (SSSR count). The van der Waals surface area contributed by atoms with E-state index in [4.69, 9.17) is 10.5 Å². The van der Waals surface area contributed by atoms with Gasteiger partial charge in [-0.15, -0.1) is 11.3 Å². The summed E-state index contributed by atoms with van der Waals surface area (Å²) in [6.45, 7) is 3.33. The monoisotopic (exact) mass is 308 g/mol. The van der Waals surface area contributed by atoms with Crippen LogP contribution in [0.15, 0.2) is 17.5 Å². The molecule has 0 aliphatic heterocycles. The van der Waals surface area contributed by atoms with Crippen LogP contribution in [0.4, 0.5) is 5.69 Å². The van der Waals surface area contributed by atoms with Gasteiger partial charge in [0.25, 0.3) is 5.91 Å². The Hall–Kier alpha value is -1.86. The number of hydrogen-bond donors (Lipinski definition) is 1. The molecule has 2 aromatic heterocycles. The minimum absolute atomic E-state index is 0.124. The Labute approximate surface area is 128 Å². The predicted molar refractivity (Wildman–Crippen MR) is 83.3 cm³/mol. The SMILES string of the molecule is COCCN(Cc1cccs1)C(=O)c1c(N)c(C)nn1C. The van der Waals surface area contributed by atoms with Crippen molar-refractivity contribution >= 4 is 22.9 Å². The minimum Gasteiger partial charge on any atom is -0.395 e. The first kappa shape index (κ1) is 15.5. The molecule has 0 saturated heterocycles. The number of thiophene rings is 1. The number of rotatable bonds is 6. The Morgan fingerprint density at radius 2 is 2.33 bits per heavy atom. The van der Waals surface area contributed by atoms with Gasteiger partial charge in [-0.3, -0.25) is 9.48 Å². The van der Waals surface area contributed by atoms with Crippen LogP contribution < -0.4 is 5.73 Å². The molecule has 0 saturated carbocycles. The maximum Gasteiger partial charge on any atom is 0.274 e. The second-order valence-electron chi connectivity index (χ2n) is 4.77. The van der Waals surface area contributed by atoms with Crippen LogP contribution in [0.3, 0.4) is 0 Å². The lowest BCUT2D eigenvalue weighted by Crippen LogP contribution is -2.34. The van der Waals surface area contributed by atoms with E-state index in [0.29, 0.717) is 36.8 Å². The van der Waals surface area contributed by atoms with Crippen molar-refractivity contribution in [3.8, 4) is 0 Å². The maximum atomic E-state index is 12.8. The van der Waals surface area contributed by atoms with Crippen LogP contribution in [0.2, 0.25) is 0 Å². The highest BCUT2D eigenvalue weighted by Crippen LogP contribution is 2.20. The number of amides is 1. The molecule has 114 valence electrons. The molecule has 0 aliphatic rings. The molecule has 0 spiro atoms. The number of aryl methyl sites for hydroxylation is 2. The van der Waals surface area contributed by atoms with E-state index in [9.17, 15) is 4.79 Å². The standard InChI is InChI=1S/C14H20N4O2S/c1-10-12(15)13(17(2)16-10)14(19)18(6-7-20-3)9-11-5-4-8-21-11/h4-5,8H,6-7,9,15H2,1-3H3. The van der Waals surface area contributed by atoms with E-state index < -0.39 is 0 Å². The third kappa shape index (κ3) is 3.43. The van der Waals surface area contributed by atoms with Crippen molar-refractivity contribution < 1.29 is 9.53 Å². The van der Waals surface area contributed by atoms with Gasteiger partial charge in [-0.1, -0.05) is 6.07 Å². The van der Waals surface area contributed by atoms with Gasteiger partial charge in [0.15, 0.2) is 0 Å². The van der Waals surface area contributed by atoms with Gasteiger partial charge in [0, 0.05) is 25.6 Å². The average molecular weight is 308 g/mol. The molecule has 0 atom stereocenters. The van der Waals surface area contributed by atoms with Gasteiger partial charge in [-0.25, -0.2) is 0 Å². The third-order valence-corrected chi connectivity index (χ3v) is 4.11. The summed E-state index contributed by atoms with van der Waals surface area (Å²) >= 11 is 1.62. The number of aromatic nitrogens is 2. The summed E-state index contributed by atoms with van der Waals surface area (Å²) in [5, 5.41) is 6.20. The molecule has 2 aromatic rings. The molecular formula is C14H20N4O2S. The van der Waals surface area contributed by atoms with Crippen LogP contribution >= 0.6 is 11.3 Å². The van der Waals surface area contributed by atoms with Gasteiger partial charge in [-0.05, 0) is 18.4 Å². The Kier molecular flexibility index (Phi) is 4.98. The topological polar surface area (TPSA) is 73.4 Å². The highest BCUT2D eigenvalue weighted by molar-refractivity contribution is 7.09. The number of nitrogen functional groups attached to an aromatic ring is 1. The fourth-order valence-electron chi connectivity index (χ4n) is 2.12. The summed E-state index contributed by atoms with van der Waals surface area (Å²) in [7, 11) is 3.35. The number of methoxy groups -OCH3 is 1. The largest absolute Gasteiger partial charge is 0.395 e. The third-order valence-electron chi connectivity index (χ3n) is 3.25. The summed E-state index contributed by atoms with van der Waals surface area (Å²) < 4.78 is 6.64. The van der Waals surface area contributed by atoms with E-state index in [1.54, 1.807) is 42.0 Å². The molecule has 1 amide bonds. The summed E-state index contributed by atoms with van der Waals surface area (Å²) in [5.74, 6) is -0.124. The fourth-order valence-corrected chi connectivity index (χ4v) is 2.84. The number of anilines is 1. The number of hydrogen-bond acceptors (Lipinski definition) is 5. The lowest BCUT2D eigenvalue weighted by molar-refractivity contribution is 0.0672. The first-order chi connectivity index (χ1) is 10.0. The molecule has 2 N–H and O–H groups in total. The van der Waals surface area contributed by atoms with Crippen molar-refractivity contribution in [2.45, 2.75) is 13.5 Å². The van der Waals surface area contributed by atoms with Crippen LogP contribution in [0, 0.1) is 6.92 Å². The lowest BCUT2D eigenvalue weighted by Gasteiger charge is -2.22. The van der Waals surface area contributed by atoms with Crippen molar-refractivity contribution in [2.24, 2.45) is 7.05 Å². The van der Waals surface area contributed by atoms with E-state index in [0.717, 1.165) is 4.88 Å². The molecular weight excluding hydrogens is 288 g/mol. The predicted octanol–water partition coefficient (Wildman–Crippen LogP) is 1.66. The number of nitrogens with two attached hydrogens (primary N) is 1. The van der Waals surface area contributed by atoms with E-state index >= 15 is 0 Å². The van der Waals surface area contributed by atoms with Crippen LogP contribution in [0.1, 0.15) is 21.1 Å². The van der Waals surface area contributed by atoms with Gasteiger partial charge >= 0.3 is 0 Å². The zero-order chi connectivity index (χ0) is 15.4. The van der Waals surface area contributed by atoms with Crippen LogP contribution in [0.5, 0.6) is 0 Å². The van der Waals surface area contributed by atoms with E-state index in [1.165, 1.54) is 0 Å². The fraction of sp³-hybridized carbons (Fsp3) is 0.429. The molecule has 0 aromatic carbocycles. The van der Waals surface area contributed by atoms with E-state index in [2.05, 4.69) is 5.10 Å². The molecule has 0 radical (unpaired) electrons. The first-order valence-corrected chi connectivity index (χ1v) is 7.52. The van der Waals surface area contributed by atoms with Crippen LogP contribution in [-0.4, -0.2) is 40.8 Å². The first-order valence-electron chi connectivity index (χ1n) is 6.64. The van der Waals surface area contributed by atoms with E-state index in [1.807, 2.05) is 17.5 Å². The van der Waals surface area contributed by atoms with Crippen LogP contribution in [0.25, 0.3) is 0 Å². The molecule has 0 unspecified atom stereocenters. The number of nitrogens with zero attached hydrogens (tertiary/aromatic N) is 3. The zero-order valence-corrected chi connectivity index (χ0v) is 13.3. The Morgan fingerprint density at radius 1 is 1.57 bits per heavy atom. The highest BCUT2D eigenvalue weighted by Gasteiger charge is 2.23. The summed E-state index contributed by atoms with van der Waals surface area (Å²) in [4.78, 5) is 15.6. The molecule has 2 heterocycles. The summed E-state index contributed by atoms with van der Waals surface area (Å²) in [5.41, 5.74) is 7.53. The summed E-state index contributed by atoms with van der Waals surface area (Å²) in [6.07, 6.45) is 0. The van der Waals surface area contributed by atoms with Gasteiger partial charge < -0.3 is 15.4 Å². The minimum atomic E-state index is -0.124. The smallest absolute Gasteiger partial charge is 0.274 e. The normalized spacial score (nSPS) is 10.8. The maximum absolute atomic E-state index is 12.8. The highest BCUT2D eigenvalue weighted by atomic mass is 32.1. The number of ether oxygens (including phenoxy) is 1. The van der Waals surface area contributed by atoms with Gasteiger partial charge in [-0.2, -0.15) is 5.10 Å². The van der Waals surface area contributed by atoms with Crippen molar-refractivity contribution in [1.82, 2.24) is 14.7 Å². The molecule has 7 heteroatoms. The van der Waals surface area contributed by atoms with Crippen molar-refractivity contribution in [2.75, 3.05) is 26.0 Å². The number of carbonyl (C=O) groups excluding carboxylic acids is 1. The van der Waals surface area contributed by atoms with Gasteiger partial charge in [0.2, 0.25) is 0 Å². The van der Waals surface area contributed by atoms with E-state index in [-0.39, 0.29) is 5.91 Å². The molecule has 0 aliphatic carbocycles. The number of carbonyl (C=O) groups is 1. The van der Waals surface area contributed by atoms with Gasteiger partial charge in [0.1, 0.15) is 5.69 Å². The van der Waals surface area contributed by atoms with Crippen molar-refractivity contribution in [3.05, 3.63) is 33.8 Å². The lowest BCUT2D eigenvalue weighted by atomic mass is 10.2.